The SMILES string of the molecule is Cc1cc(C)cc(OCCNC(=O)NC[C@H]2CC[C@H](O)C2)c1. The quantitative estimate of drug-likeness (QED) is 0.705. The lowest BCUT2D eigenvalue weighted by Crippen LogP contribution is -2.39. The van der Waals surface area contributed by atoms with Crippen molar-refractivity contribution in [2.45, 2.75) is 39.2 Å². The molecule has 0 bridgehead atoms. The van der Waals surface area contributed by atoms with Crippen molar-refractivity contribution in [3.05, 3.63) is 29.3 Å². The smallest absolute Gasteiger partial charge is 0.314 e. The molecule has 1 aliphatic carbocycles. The summed E-state index contributed by atoms with van der Waals surface area (Å²) in [6.45, 7) is 5.60. The molecule has 5 heteroatoms. The van der Waals surface area contributed by atoms with Gasteiger partial charge in [0.05, 0.1) is 12.6 Å². The van der Waals surface area contributed by atoms with Crippen LogP contribution in [0.3, 0.4) is 0 Å². The third kappa shape index (κ3) is 5.56. The van der Waals surface area contributed by atoms with Gasteiger partial charge in [0.1, 0.15) is 12.4 Å². The van der Waals surface area contributed by atoms with Crippen LogP contribution in [0.25, 0.3) is 0 Å². The summed E-state index contributed by atoms with van der Waals surface area (Å²) < 4.78 is 5.63. The number of hydrogen-bond donors (Lipinski definition) is 3. The number of hydrogen-bond acceptors (Lipinski definition) is 3. The average molecular weight is 306 g/mol. The molecule has 2 rings (SSSR count). The number of benzene rings is 1. The summed E-state index contributed by atoms with van der Waals surface area (Å²) in [5.74, 6) is 1.23. The predicted molar refractivity (Wildman–Crippen MR) is 86.2 cm³/mol. The van der Waals surface area contributed by atoms with E-state index in [1.807, 2.05) is 26.0 Å². The Kier molecular flexibility index (Phi) is 6.07. The van der Waals surface area contributed by atoms with Gasteiger partial charge < -0.3 is 20.5 Å². The zero-order chi connectivity index (χ0) is 15.9. The molecule has 0 radical (unpaired) electrons. The van der Waals surface area contributed by atoms with E-state index in [2.05, 4.69) is 16.7 Å². The molecule has 2 amide bonds. The summed E-state index contributed by atoms with van der Waals surface area (Å²) in [5.41, 5.74) is 2.33. The Hall–Kier alpha value is -1.75. The Balaban J connectivity index is 1.58. The first-order valence-corrected chi connectivity index (χ1v) is 7.94. The number of urea groups is 1. The van der Waals surface area contributed by atoms with Gasteiger partial charge in [-0.15, -0.1) is 0 Å². The number of carbonyl (C=O) groups excluding carboxylic acids is 1. The van der Waals surface area contributed by atoms with Gasteiger partial charge in [0, 0.05) is 6.54 Å². The summed E-state index contributed by atoms with van der Waals surface area (Å²) >= 11 is 0. The second-order valence-corrected chi connectivity index (χ2v) is 6.14. The van der Waals surface area contributed by atoms with Crippen LogP contribution < -0.4 is 15.4 Å². The minimum atomic E-state index is -0.193. The molecule has 0 spiro atoms. The normalized spacial score (nSPS) is 20.7. The summed E-state index contributed by atoms with van der Waals surface area (Å²) in [4.78, 5) is 11.7. The van der Waals surface area contributed by atoms with Crippen LogP contribution in [0.2, 0.25) is 0 Å². The summed E-state index contributed by atoms with van der Waals surface area (Å²) in [5, 5.41) is 15.1. The Morgan fingerprint density at radius 3 is 2.59 bits per heavy atom. The number of rotatable bonds is 6. The number of aryl methyl sites for hydroxylation is 2. The fourth-order valence-corrected chi connectivity index (χ4v) is 2.88. The first-order valence-electron chi connectivity index (χ1n) is 7.94. The number of aliphatic hydroxyl groups excluding tert-OH is 1. The number of aliphatic hydroxyl groups is 1. The van der Waals surface area contributed by atoms with Crippen LogP contribution in [0.5, 0.6) is 5.75 Å². The molecule has 0 heterocycles. The van der Waals surface area contributed by atoms with E-state index in [0.717, 1.165) is 25.0 Å². The topological polar surface area (TPSA) is 70.6 Å². The van der Waals surface area contributed by atoms with Crippen molar-refractivity contribution in [3.63, 3.8) is 0 Å². The second-order valence-electron chi connectivity index (χ2n) is 6.14. The van der Waals surface area contributed by atoms with Gasteiger partial charge in [-0.05, 0) is 62.3 Å². The van der Waals surface area contributed by atoms with Crippen molar-refractivity contribution in [2.75, 3.05) is 19.7 Å². The maximum absolute atomic E-state index is 11.7. The van der Waals surface area contributed by atoms with Crippen molar-refractivity contribution in [1.29, 1.82) is 0 Å². The van der Waals surface area contributed by atoms with Crippen LogP contribution in [0.1, 0.15) is 30.4 Å². The Morgan fingerprint density at radius 1 is 1.23 bits per heavy atom. The third-order valence-electron chi connectivity index (χ3n) is 3.92. The van der Waals surface area contributed by atoms with Crippen molar-refractivity contribution < 1.29 is 14.6 Å². The predicted octanol–water partition coefficient (Wildman–Crippen LogP) is 2.14. The molecule has 0 unspecified atom stereocenters. The molecule has 0 aliphatic heterocycles. The lowest BCUT2D eigenvalue weighted by Gasteiger charge is -2.12. The standard InChI is InChI=1S/C17H26N2O3/c1-12-7-13(2)9-16(8-12)22-6-5-18-17(21)19-11-14-3-4-15(20)10-14/h7-9,14-15,20H,3-6,10-11H2,1-2H3,(H2,18,19,21)/t14-,15-/m0/s1. The molecule has 1 aliphatic rings. The van der Waals surface area contributed by atoms with Gasteiger partial charge in [-0.2, -0.15) is 0 Å². The highest BCUT2D eigenvalue weighted by molar-refractivity contribution is 5.73. The van der Waals surface area contributed by atoms with E-state index in [9.17, 15) is 9.90 Å². The lowest BCUT2D eigenvalue weighted by molar-refractivity contribution is 0.177. The molecule has 1 aromatic carbocycles. The van der Waals surface area contributed by atoms with Crippen LogP contribution in [0.15, 0.2) is 18.2 Å². The van der Waals surface area contributed by atoms with E-state index in [1.165, 1.54) is 11.1 Å². The molecule has 3 N–H and O–H groups in total. The van der Waals surface area contributed by atoms with Gasteiger partial charge in [-0.1, -0.05) is 6.07 Å². The lowest BCUT2D eigenvalue weighted by atomic mass is 10.1. The first-order chi connectivity index (χ1) is 10.5. The maximum atomic E-state index is 11.7. The molecular weight excluding hydrogens is 280 g/mol. The van der Waals surface area contributed by atoms with Crippen LogP contribution in [-0.4, -0.2) is 36.9 Å². The number of amides is 2. The molecule has 0 aromatic heterocycles. The van der Waals surface area contributed by atoms with Crippen molar-refractivity contribution in [3.8, 4) is 5.75 Å². The molecule has 1 saturated carbocycles. The molecule has 2 atom stereocenters. The van der Waals surface area contributed by atoms with Gasteiger partial charge in [0.25, 0.3) is 0 Å². The Labute approximate surface area is 132 Å². The fourth-order valence-electron chi connectivity index (χ4n) is 2.88. The van der Waals surface area contributed by atoms with Crippen LogP contribution >= 0.6 is 0 Å². The van der Waals surface area contributed by atoms with Gasteiger partial charge >= 0.3 is 6.03 Å². The highest BCUT2D eigenvalue weighted by atomic mass is 16.5. The molecular formula is C17H26N2O3. The van der Waals surface area contributed by atoms with Crippen molar-refractivity contribution >= 4 is 6.03 Å². The molecule has 1 aromatic rings. The summed E-state index contributed by atoms with van der Waals surface area (Å²) in [6, 6.07) is 5.89. The maximum Gasteiger partial charge on any atom is 0.314 e. The Morgan fingerprint density at radius 2 is 1.95 bits per heavy atom. The van der Waals surface area contributed by atoms with E-state index < -0.39 is 0 Å². The zero-order valence-corrected chi connectivity index (χ0v) is 13.4. The molecule has 0 saturated heterocycles. The highest BCUT2D eigenvalue weighted by Gasteiger charge is 2.22. The molecule has 22 heavy (non-hydrogen) atoms. The van der Waals surface area contributed by atoms with E-state index in [4.69, 9.17) is 4.74 Å². The van der Waals surface area contributed by atoms with Gasteiger partial charge in [-0.3, -0.25) is 0 Å². The molecule has 1 fully saturated rings. The summed E-state index contributed by atoms with van der Waals surface area (Å²) in [7, 11) is 0. The van der Waals surface area contributed by atoms with E-state index in [1.54, 1.807) is 0 Å². The summed E-state index contributed by atoms with van der Waals surface area (Å²) in [6.07, 6.45) is 2.42. The van der Waals surface area contributed by atoms with Gasteiger partial charge in [0.2, 0.25) is 0 Å². The number of ether oxygens (including phenoxy) is 1. The fraction of sp³-hybridized carbons (Fsp3) is 0.588. The zero-order valence-electron chi connectivity index (χ0n) is 13.4. The monoisotopic (exact) mass is 306 g/mol. The van der Waals surface area contributed by atoms with E-state index >= 15 is 0 Å². The number of carbonyl (C=O) groups is 1. The second kappa shape index (κ2) is 8.03. The minimum Gasteiger partial charge on any atom is -0.492 e. The molecule has 5 nitrogen and oxygen atoms in total. The average Bonchev–Trinajstić information content (AvgIpc) is 2.86. The van der Waals surface area contributed by atoms with Gasteiger partial charge in [0.15, 0.2) is 0 Å². The molecule has 122 valence electrons. The van der Waals surface area contributed by atoms with Crippen molar-refractivity contribution in [1.82, 2.24) is 10.6 Å². The largest absolute Gasteiger partial charge is 0.492 e. The first kappa shape index (κ1) is 16.6. The van der Waals surface area contributed by atoms with Gasteiger partial charge in [-0.25, -0.2) is 4.79 Å². The third-order valence-corrected chi connectivity index (χ3v) is 3.92. The van der Waals surface area contributed by atoms with Crippen LogP contribution in [0.4, 0.5) is 4.79 Å². The Bertz CT molecular complexity index is 484. The minimum absolute atomic E-state index is 0.176. The van der Waals surface area contributed by atoms with Crippen LogP contribution in [-0.2, 0) is 0 Å². The van der Waals surface area contributed by atoms with Crippen LogP contribution in [0, 0.1) is 19.8 Å². The highest BCUT2D eigenvalue weighted by Crippen LogP contribution is 2.24. The number of nitrogens with one attached hydrogen (secondary N) is 2. The van der Waals surface area contributed by atoms with Crippen molar-refractivity contribution in [2.24, 2.45) is 5.92 Å². The van der Waals surface area contributed by atoms with E-state index in [0.29, 0.717) is 25.6 Å². The van der Waals surface area contributed by atoms with E-state index in [-0.39, 0.29) is 12.1 Å².